The number of ether oxygens (including phenoxy) is 2. The van der Waals surface area contributed by atoms with Crippen molar-refractivity contribution in [3.8, 4) is 0 Å². The first-order chi connectivity index (χ1) is 13.5. The Morgan fingerprint density at radius 1 is 0.667 bits per heavy atom. The predicted octanol–water partition coefficient (Wildman–Crippen LogP) is 2.18. The van der Waals surface area contributed by atoms with Gasteiger partial charge in [-0.3, -0.25) is 9.59 Å². The molecule has 174 valence electrons. The molecule has 0 atom stereocenters. The van der Waals surface area contributed by atoms with Crippen LogP contribution in [0, 0.1) is 0 Å². The van der Waals surface area contributed by atoms with Gasteiger partial charge in [0.25, 0.3) is 0 Å². The number of piperidine rings is 2. The minimum Gasteiger partial charge on any atom is -0.462 e. The summed E-state index contributed by atoms with van der Waals surface area (Å²) in [6, 6.07) is 0. The molecule has 0 aromatic carbocycles. The molecule has 2 saturated heterocycles. The summed E-state index contributed by atoms with van der Waals surface area (Å²) in [7, 11) is 0. The highest BCUT2D eigenvalue weighted by molar-refractivity contribution is 5.77. The first-order valence-electron chi connectivity index (χ1n) is 10.9. The fourth-order valence-corrected chi connectivity index (χ4v) is 5.24. The van der Waals surface area contributed by atoms with Crippen LogP contribution in [0.1, 0.15) is 93.9 Å². The summed E-state index contributed by atoms with van der Waals surface area (Å²) in [6.45, 7) is 15.8. The van der Waals surface area contributed by atoms with Crippen molar-refractivity contribution in [1.29, 1.82) is 0 Å². The van der Waals surface area contributed by atoms with Gasteiger partial charge in [-0.1, -0.05) is 10.1 Å². The molecule has 0 amide bonds. The van der Waals surface area contributed by atoms with Crippen LogP contribution in [0.3, 0.4) is 0 Å². The van der Waals surface area contributed by atoms with Gasteiger partial charge in [-0.2, -0.15) is 0 Å². The average Bonchev–Trinajstić information content (AvgIpc) is 2.54. The third-order valence-corrected chi connectivity index (χ3v) is 6.46. The van der Waals surface area contributed by atoms with E-state index in [0.717, 1.165) is 0 Å². The van der Waals surface area contributed by atoms with Gasteiger partial charge in [0.1, 0.15) is 12.2 Å². The van der Waals surface area contributed by atoms with Gasteiger partial charge < -0.3 is 19.9 Å². The molecule has 0 bridgehead atoms. The summed E-state index contributed by atoms with van der Waals surface area (Å²) < 4.78 is 11.3. The quantitative estimate of drug-likeness (QED) is 0.489. The van der Waals surface area contributed by atoms with Crippen LogP contribution in [0.5, 0.6) is 0 Å². The molecule has 2 aliphatic rings. The van der Waals surface area contributed by atoms with Gasteiger partial charge in [-0.15, -0.1) is 0 Å². The lowest BCUT2D eigenvalue weighted by Gasteiger charge is -2.47. The molecular weight excluding hydrogens is 388 g/mol. The van der Waals surface area contributed by atoms with Crippen LogP contribution in [0.4, 0.5) is 0 Å². The zero-order chi connectivity index (χ0) is 23.1. The van der Waals surface area contributed by atoms with E-state index in [4.69, 9.17) is 19.9 Å². The Morgan fingerprint density at radius 2 is 0.900 bits per heavy atom. The molecule has 8 nitrogen and oxygen atoms in total. The van der Waals surface area contributed by atoms with Crippen LogP contribution in [0.15, 0.2) is 0 Å². The van der Waals surface area contributed by atoms with E-state index in [1.165, 1.54) is 0 Å². The van der Waals surface area contributed by atoms with E-state index >= 15 is 0 Å². The van der Waals surface area contributed by atoms with E-state index in [0.29, 0.717) is 25.7 Å². The van der Waals surface area contributed by atoms with Crippen molar-refractivity contribution >= 4 is 11.9 Å². The van der Waals surface area contributed by atoms with E-state index in [9.17, 15) is 9.59 Å². The first kappa shape index (κ1) is 25.0. The second-order valence-corrected chi connectivity index (χ2v) is 11.5. The smallest absolute Gasteiger partial charge is 0.306 e. The average molecular weight is 431 g/mol. The van der Waals surface area contributed by atoms with Crippen LogP contribution in [0.2, 0.25) is 0 Å². The Labute approximate surface area is 180 Å². The molecule has 0 radical (unpaired) electrons. The molecule has 8 heteroatoms. The zero-order valence-electron chi connectivity index (χ0n) is 19.9. The van der Waals surface area contributed by atoms with Gasteiger partial charge in [-0.05, 0) is 55.4 Å². The molecule has 2 heterocycles. The second-order valence-electron chi connectivity index (χ2n) is 11.5. The van der Waals surface area contributed by atoms with Gasteiger partial charge >= 0.3 is 11.9 Å². The highest BCUT2D eigenvalue weighted by atomic mass is 16.6. The number of hydrogen-bond acceptors (Lipinski definition) is 6. The number of carbonyl (C=O) groups is 2. The number of hydrogen-bond donors (Lipinski definition) is 0. The molecule has 0 saturated carbocycles. The maximum atomic E-state index is 12.3. The van der Waals surface area contributed by atoms with E-state index in [1.54, 1.807) is 10.1 Å². The van der Waals surface area contributed by atoms with Gasteiger partial charge in [0.05, 0.1) is 35.0 Å². The fraction of sp³-hybridized carbons (Fsp3) is 0.909. The lowest BCUT2D eigenvalue weighted by Crippen LogP contribution is -2.60. The Hall–Kier alpha value is -1.22. The minimum atomic E-state index is -0.399. The van der Waals surface area contributed by atoms with Crippen molar-refractivity contribution in [3.05, 3.63) is 0 Å². The van der Waals surface area contributed by atoms with E-state index in [-0.39, 0.29) is 25.0 Å². The number of hydroxylamine groups is 4. The number of carbonyl (C=O) groups excluding carboxylic acids is 2. The lowest BCUT2D eigenvalue weighted by atomic mass is 9.80. The van der Waals surface area contributed by atoms with Crippen molar-refractivity contribution in [2.24, 2.45) is 0 Å². The molecule has 0 aromatic rings. The highest BCUT2D eigenvalue weighted by Crippen LogP contribution is 2.39. The number of esters is 2. The minimum absolute atomic E-state index is 0.00907. The number of nitrogens with zero attached hydrogens (tertiary/aromatic N) is 2. The van der Waals surface area contributed by atoms with Gasteiger partial charge in [0, 0.05) is 25.7 Å². The summed E-state index contributed by atoms with van der Waals surface area (Å²) >= 11 is 0. The molecule has 4 N–H and O–H groups in total. The molecule has 2 aliphatic heterocycles. The predicted molar refractivity (Wildman–Crippen MR) is 115 cm³/mol. The van der Waals surface area contributed by atoms with Crippen molar-refractivity contribution < 1.29 is 29.5 Å². The molecule has 0 spiro atoms. The van der Waals surface area contributed by atoms with Gasteiger partial charge in [0.2, 0.25) is 0 Å². The van der Waals surface area contributed by atoms with Crippen molar-refractivity contribution in [3.63, 3.8) is 0 Å². The third-order valence-electron chi connectivity index (χ3n) is 6.46. The normalized spacial score (nSPS) is 26.9. The van der Waals surface area contributed by atoms with Crippen molar-refractivity contribution in [1.82, 2.24) is 10.1 Å². The Balaban J connectivity index is 1.83. The summed E-state index contributed by atoms with van der Waals surface area (Å²) in [5.41, 5.74) is -1.56. The lowest BCUT2D eigenvalue weighted by molar-refractivity contribution is -0.260. The highest BCUT2D eigenvalue weighted by Gasteiger charge is 2.51. The number of rotatable bonds is 5. The van der Waals surface area contributed by atoms with Gasteiger partial charge in [0.15, 0.2) is 0 Å². The monoisotopic (exact) mass is 430 g/mol. The Morgan fingerprint density at radius 3 is 1.13 bits per heavy atom. The maximum absolute atomic E-state index is 12.3. The Bertz CT molecular complexity index is 566. The molecule has 2 fully saturated rings. The van der Waals surface area contributed by atoms with Crippen LogP contribution in [-0.4, -0.2) is 66.8 Å². The molecule has 0 aliphatic carbocycles. The first-order valence-corrected chi connectivity index (χ1v) is 10.9. The fourth-order valence-electron chi connectivity index (χ4n) is 5.24. The largest absolute Gasteiger partial charge is 0.462 e. The molecular formula is C22H42N2O6+2. The summed E-state index contributed by atoms with van der Waals surface area (Å²) in [6.07, 6.45) is 1.82. The molecule has 0 aromatic heterocycles. The second kappa shape index (κ2) is 8.37. The standard InChI is InChI=1S/C22H40N2O6/c1-19(2)11-15(12-20(3,4)23(19)27)29-17(25)9-10-18(26)30-16-13-21(5,6)24(28)22(7,8)14-16/h15-16,27-28H,9-14H2,1-8H3/p+2. The van der Waals surface area contributed by atoms with Crippen LogP contribution in [0.25, 0.3) is 0 Å². The zero-order valence-corrected chi connectivity index (χ0v) is 19.9. The SMILES string of the molecule is CC1(C)CC(OC(=O)CCC(=O)OC2CC(C)(C)N([OH2+])C(C)(C)C2)CC(C)(C)N1[OH2+]. The van der Waals surface area contributed by atoms with Gasteiger partial charge in [-0.25, -0.2) is 0 Å². The summed E-state index contributed by atoms with van der Waals surface area (Å²) in [5, 5.41) is 19.8. The third kappa shape index (κ3) is 5.72. The Kier molecular flexibility index (Phi) is 6.99. The summed E-state index contributed by atoms with van der Waals surface area (Å²) in [5.74, 6) is -0.799. The molecule has 0 unspecified atom stereocenters. The van der Waals surface area contributed by atoms with E-state index < -0.39 is 34.1 Å². The van der Waals surface area contributed by atoms with E-state index in [1.807, 2.05) is 55.4 Å². The molecule has 30 heavy (non-hydrogen) atoms. The topological polar surface area (TPSA) is 105 Å². The van der Waals surface area contributed by atoms with Crippen LogP contribution in [-0.2, 0) is 19.1 Å². The maximum Gasteiger partial charge on any atom is 0.306 e. The van der Waals surface area contributed by atoms with Crippen molar-refractivity contribution in [2.75, 3.05) is 0 Å². The van der Waals surface area contributed by atoms with Crippen LogP contribution >= 0.6 is 0 Å². The summed E-state index contributed by atoms with van der Waals surface area (Å²) in [4.78, 5) is 24.7. The van der Waals surface area contributed by atoms with Crippen molar-refractivity contribution in [2.45, 2.75) is 128 Å². The van der Waals surface area contributed by atoms with E-state index in [2.05, 4.69) is 0 Å². The van der Waals surface area contributed by atoms with Crippen LogP contribution < -0.4 is 0 Å². The molecule has 2 rings (SSSR count).